The highest BCUT2D eigenvalue weighted by Gasteiger charge is 2.37. The van der Waals surface area contributed by atoms with E-state index >= 15 is 0 Å². The number of hydrogen-bond donors (Lipinski definition) is 3. The first-order chi connectivity index (χ1) is 14.6. The highest BCUT2D eigenvalue weighted by atomic mass is 19.4. The smallest absolute Gasteiger partial charge is 0.370 e. The standard InChI is InChI=1S/C19H21F3N4O5/c20-19(21,22)12-8-11(26-6-7-31-9-14(26)27)4-5-13(12)24-18(30)15(16(23)28)25-17(29)10-2-1-3-10/h4-5,8,10,15H,1-3,6-7,9H2,(H2,23,28)(H,24,30)(H,25,29)/t15-/m0/s1. The lowest BCUT2D eigenvalue weighted by atomic mass is 9.84. The zero-order chi connectivity index (χ0) is 22.8. The minimum absolute atomic E-state index is 0.0108. The number of carbonyl (C=O) groups is 4. The van der Waals surface area contributed by atoms with Crippen molar-refractivity contribution >= 4 is 35.0 Å². The first-order valence-corrected chi connectivity index (χ1v) is 9.58. The summed E-state index contributed by atoms with van der Waals surface area (Å²) >= 11 is 0. The second-order valence-electron chi connectivity index (χ2n) is 7.29. The minimum Gasteiger partial charge on any atom is -0.370 e. The number of amides is 4. The second-order valence-corrected chi connectivity index (χ2v) is 7.29. The molecule has 3 rings (SSSR count). The molecule has 1 atom stereocenters. The van der Waals surface area contributed by atoms with Crippen LogP contribution in [0.4, 0.5) is 24.5 Å². The van der Waals surface area contributed by atoms with E-state index in [2.05, 4.69) is 5.32 Å². The molecule has 1 heterocycles. The molecule has 0 unspecified atom stereocenters. The molecule has 1 aliphatic carbocycles. The highest BCUT2D eigenvalue weighted by Crippen LogP contribution is 2.37. The first-order valence-electron chi connectivity index (χ1n) is 9.58. The fourth-order valence-corrected chi connectivity index (χ4v) is 3.24. The molecule has 31 heavy (non-hydrogen) atoms. The summed E-state index contributed by atoms with van der Waals surface area (Å²) in [4.78, 5) is 49.2. The second kappa shape index (κ2) is 8.92. The van der Waals surface area contributed by atoms with E-state index in [-0.39, 0.29) is 31.4 Å². The number of nitrogens with two attached hydrogens (primary N) is 1. The van der Waals surface area contributed by atoms with Gasteiger partial charge in [-0.05, 0) is 31.0 Å². The van der Waals surface area contributed by atoms with Crippen molar-refractivity contribution in [3.8, 4) is 0 Å². The number of morpholine rings is 1. The third-order valence-corrected chi connectivity index (χ3v) is 5.17. The summed E-state index contributed by atoms with van der Waals surface area (Å²) in [6, 6.07) is 1.12. The molecule has 0 aromatic heterocycles. The number of ether oxygens (including phenoxy) is 1. The molecule has 12 heteroatoms. The van der Waals surface area contributed by atoms with Gasteiger partial charge < -0.3 is 26.0 Å². The number of benzene rings is 1. The van der Waals surface area contributed by atoms with Crippen LogP contribution in [0.25, 0.3) is 0 Å². The topological polar surface area (TPSA) is 131 Å². The largest absolute Gasteiger partial charge is 0.418 e. The minimum atomic E-state index is -4.87. The molecule has 168 valence electrons. The third-order valence-electron chi connectivity index (χ3n) is 5.17. The Bertz CT molecular complexity index is 901. The molecule has 1 aromatic carbocycles. The summed E-state index contributed by atoms with van der Waals surface area (Å²) < 4.78 is 45.9. The Morgan fingerprint density at radius 3 is 2.48 bits per heavy atom. The van der Waals surface area contributed by atoms with Crippen molar-refractivity contribution in [1.29, 1.82) is 0 Å². The van der Waals surface area contributed by atoms with Gasteiger partial charge in [-0.1, -0.05) is 6.42 Å². The Hall–Kier alpha value is -3.15. The van der Waals surface area contributed by atoms with Crippen molar-refractivity contribution in [1.82, 2.24) is 5.32 Å². The SMILES string of the molecule is NC(=O)[C@H](NC(=O)C1CCC1)C(=O)Nc1ccc(N2CCOCC2=O)cc1C(F)(F)F. The Balaban J connectivity index is 1.83. The molecule has 2 aliphatic rings. The molecule has 1 saturated heterocycles. The van der Waals surface area contributed by atoms with Crippen molar-refractivity contribution in [2.75, 3.05) is 30.0 Å². The van der Waals surface area contributed by atoms with Gasteiger partial charge in [-0.3, -0.25) is 19.2 Å². The molecule has 2 fully saturated rings. The quantitative estimate of drug-likeness (QED) is 0.561. The van der Waals surface area contributed by atoms with Gasteiger partial charge in [0.05, 0.1) is 17.9 Å². The van der Waals surface area contributed by atoms with E-state index in [1.807, 2.05) is 5.32 Å². The van der Waals surface area contributed by atoms with Crippen LogP contribution in [0.15, 0.2) is 18.2 Å². The van der Waals surface area contributed by atoms with Crippen LogP contribution >= 0.6 is 0 Å². The average molecular weight is 442 g/mol. The Labute approximate surface area is 175 Å². The number of primary amides is 1. The van der Waals surface area contributed by atoms with Gasteiger partial charge >= 0.3 is 6.18 Å². The molecule has 1 saturated carbocycles. The van der Waals surface area contributed by atoms with Crippen LogP contribution in [0, 0.1) is 5.92 Å². The molecule has 9 nitrogen and oxygen atoms in total. The van der Waals surface area contributed by atoms with Gasteiger partial charge in [0.1, 0.15) is 6.61 Å². The van der Waals surface area contributed by atoms with Crippen LogP contribution in [0.1, 0.15) is 24.8 Å². The lowest BCUT2D eigenvalue weighted by molar-refractivity contribution is -0.137. The third kappa shape index (κ3) is 5.13. The predicted octanol–water partition coefficient (Wildman–Crippen LogP) is 0.777. The van der Waals surface area contributed by atoms with E-state index in [4.69, 9.17) is 10.5 Å². The van der Waals surface area contributed by atoms with Crippen LogP contribution in [0.2, 0.25) is 0 Å². The lowest BCUT2D eigenvalue weighted by Gasteiger charge is -2.28. The number of hydrogen-bond acceptors (Lipinski definition) is 5. The van der Waals surface area contributed by atoms with Gasteiger partial charge in [0, 0.05) is 18.2 Å². The number of alkyl halides is 3. The maximum Gasteiger partial charge on any atom is 0.418 e. The number of anilines is 2. The van der Waals surface area contributed by atoms with Crippen LogP contribution in [-0.4, -0.2) is 49.4 Å². The van der Waals surface area contributed by atoms with Gasteiger partial charge in [0.25, 0.3) is 11.8 Å². The van der Waals surface area contributed by atoms with Gasteiger partial charge in [-0.25, -0.2) is 0 Å². The Morgan fingerprint density at radius 1 is 1.23 bits per heavy atom. The summed E-state index contributed by atoms with van der Waals surface area (Å²) in [5.74, 6) is -3.80. The monoisotopic (exact) mass is 442 g/mol. The zero-order valence-electron chi connectivity index (χ0n) is 16.3. The normalized spacial score (nSPS) is 18.2. The molecule has 4 N–H and O–H groups in total. The van der Waals surface area contributed by atoms with Crippen molar-refractivity contribution in [3.05, 3.63) is 23.8 Å². The number of rotatable bonds is 6. The van der Waals surface area contributed by atoms with E-state index in [0.29, 0.717) is 12.8 Å². The van der Waals surface area contributed by atoms with Crippen LogP contribution < -0.4 is 21.3 Å². The summed E-state index contributed by atoms with van der Waals surface area (Å²) in [5.41, 5.74) is 3.31. The van der Waals surface area contributed by atoms with E-state index in [1.54, 1.807) is 0 Å². The molecule has 1 aliphatic heterocycles. The highest BCUT2D eigenvalue weighted by molar-refractivity contribution is 6.12. The summed E-state index contributed by atoms with van der Waals surface area (Å²) in [6.07, 6.45) is -2.85. The van der Waals surface area contributed by atoms with Gasteiger partial charge in [-0.15, -0.1) is 0 Å². The van der Waals surface area contributed by atoms with E-state index in [1.165, 1.54) is 6.07 Å². The van der Waals surface area contributed by atoms with Gasteiger partial charge in [0.15, 0.2) is 6.04 Å². The summed E-state index contributed by atoms with van der Waals surface area (Å²) in [6.45, 7) is 0.00612. The lowest BCUT2D eigenvalue weighted by Crippen LogP contribution is -2.54. The molecule has 0 radical (unpaired) electrons. The predicted molar refractivity (Wildman–Crippen MR) is 102 cm³/mol. The number of carbonyl (C=O) groups excluding carboxylic acids is 4. The van der Waals surface area contributed by atoms with Crippen LogP contribution in [0.3, 0.4) is 0 Å². The average Bonchev–Trinajstić information content (AvgIpc) is 2.64. The number of nitrogens with zero attached hydrogens (tertiary/aromatic N) is 1. The fraction of sp³-hybridized carbons (Fsp3) is 0.474. The zero-order valence-corrected chi connectivity index (χ0v) is 16.3. The Morgan fingerprint density at radius 2 is 1.94 bits per heavy atom. The van der Waals surface area contributed by atoms with Gasteiger partial charge in [-0.2, -0.15) is 13.2 Å². The fourth-order valence-electron chi connectivity index (χ4n) is 3.24. The first kappa shape index (κ1) is 22.5. The molecular formula is C19H21F3N4O5. The van der Waals surface area contributed by atoms with E-state index in [9.17, 15) is 32.3 Å². The Kier molecular flexibility index (Phi) is 6.48. The molecule has 4 amide bonds. The van der Waals surface area contributed by atoms with Crippen LogP contribution in [-0.2, 0) is 30.1 Å². The van der Waals surface area contributed by atoms with E-state index in [0.717, 1.165) is 23.5 Å². The summed E-state index contributed by atoms with van der Waals surface area (Å²) in [5, 5.41) is 4.21. The van der Waals surface area contributed by atoms with Gasteiger partial charge in [0.2, 0.25) is 11.8 Å². The number of nitrogens with one attached hydrogen (secondary N) is 2. The number of halogens is 3. The van der Waals surface area contributed by atoms with E-state index < -0.39 is 47.1 Å². The summed E-state index contributed by atoms with van der Waals surface area (Å²) in [7, 11) is 0. The van der Waals surface area contributed by atoms with Crippen molar-refractivity contribution < 1.29 is 37.1 Å². The van der Waals surface area contributed by atoms with Crippen molar-refractivity contribution in [2.24, 2.45) is 11.7 Å². The molecule has 0 spiro atoms. The van der Waals surface area contributed by atoms with Crippen molar-refractivity contribution in [3.63, 3.8) is 0 Å². The molecular weight excluding hydrogens is 421 g/mol. The maximum absolute atomic E-state index is 13.6. The van der Waals surface area contributed by atoms with Crippen molar-refractivity contribution in [2.45, 2.75) is 31.5 Å². The maximum atomic E-state index is 13.6. The molecule has 1 aromatic rings. The van der Waals surface area contributed by atoms with Crippen LogP contribution in [0.5, 0.6) is 0 Å². The molecule has 0 bridgehead atoms.